The van der Waals surface area contributed by atoms with Gasteiger partial charge >= 0.3 is 0 Å². The first kappa shape index (κ1) is 16.3. The molecule has 122 valence electrons. The molecule has 3 rings (SSSR count). The van der Waals surface area contributed by atoms with E-state index in [2.05, 4.69) is 10.3 Å². The summed E-state index contributed by atoms with van der Waals surface area (Å²) in [5.41, 5.74) is 3.68. The van der Waals surface area contributed by atoms with Gasteiger partial charge in [-0.2, -0.15) is 0 Å². The number of nitrogens with zero attached hydrogens (tertiary/aromatic N) is 1. The van der Waals surface area contributed by atoms with E-state index in [1.54, 1.807) is 6.07 Å². The number of hydrogen-bond acceptors (Lipinski definition) is 3. The predicted octanol–water partition coefficient (Wildman–Crippen LogP) is 4.12. The Morgan fingerprint density at radius 1 is 1.21 bits per heavy atom. The van der Waals surface area contributed by atoms with Crippen molar-refractivity contribution in [2.45, 2.75) is 19.9 Å². The number of amides is 1. The Balaban J connectivity index is 1.58. The Labute approximate surface area is 144 Å². The quantitative estimate of drug-likeness (QED) is 0.759. The van der Waals surface area contributed by atoms with Gasteiger partial charge in [0.2, 0.25) is 5.91 Å². The number of hydrogen-bond donors (Lipinski definition) is 1. The minimum atomic E-state index is -0.292. The van der Waals surface area contributed by atoms with Crippen LogP contribution in [-0.4, -0.2) is 10.9 Å². The number of carbonyl (C=O) groups excluding carboxylic acids is 1. The molecule has 2 aromatic carbocycles. The fraction of sp³-hybridized carbons (Fsp3) is 0.158. The van der Waals surface area contributed by atoms with Gasteiger partial charge < -0.3 is 5.32 Å². The molecular formula is C19H17FN2OS. The Bertz CT molecular complexity index is 843. The molecule has 0 saturated heterocycles. The third-order valence-corrected chi connectivity index (χ3v) is 4.52. The molecule has 1 heterocycles. The summed E-state index contributed by atoms with van der Waals surface area (Å²) in [6.07, 6.45) is 0.220. The fourth-order valence-electron chi connectivity index (χ4n) is 2.28. The smallest absolute Gasteiger partial charge is 0.226 e. The van der Waals surface area contributed by atoms with Crippen LogP contribution in [0.15, 0.2) is 53.9 Å². The molecule has 0 fully saturated rings. The van der Waals surface area contributed by atoms with Crippen LogP contribution in [0.25, 0.3) is 10.6 Å². The van der Waals surface area contributed by atoms with Gasteiger partial charge in [-0.15, -0.1) is 11.3 Å². The molecule has 0 aliphatic carbocycles. The summed E-state index contributed by atoms with van der Waals surface area (Å²) in [5.74, 6) is -0.369. The molecule has 0 bridgehead atoms. The van der Waals surface area contributed by atoms with Crippen molar-refractivity contribution >= 4 is 17.2 Å². The third kappa shape index (κ3) is 4.26. The average molecular weight is 340 g/mol. The highest BCUT2D eigenvalue weighted by Gasteiger charge is 2.09. The molecule has 0 aliphatic heterocycles. The number of carbonyl (C=O) groups is 1. The van der Waals surface area contributed by atoms with Crippen molar-refractivity contribution in [3.63, 3.8) is 0 Å². The van der Waals surface area contributed by atoms with E-state index in [1.165, 1.54) is 29.0 Å². The molecular weight excluding hydrogens is 323 g/mol. The predicted molar refractivity (Wildman–Crippen MR) is 94.2 cm³/mol. The maximum absolute atomic E-state index is 13.3. The van der Waals surface area contributed by atoms with Crippen LogP contribution in [0.4, 0.5) is 4.39 Å². The molecule has 0 radical (unpaired) electrons. The average Bonchev–Trinajstić information content (AvgIpc) is 3.03. The summed E-state index contributed by atoms with van der Waals surface area (Å²) in [6, 6.07) is 14.3. The second kappa shape index (κ2) is 7.36. The summed E-state index contributed by atoms with van der Waals surface area (Å²) < 4.78 is 13.3. The zero-order valence-electron chi connectivity index (χ0n) is 13.3. The molecule has 0 unspecified atom stereocenters. The van der Waals surface area contributed by atoms with Gasteiger partial charge in [-0.25, -0.2) is 9.37 Å². The first-order valence-corrected chi connectivity index (χ1v) is 8.51. The maximum atomic E-state index is 13.3. The van der Waals surface area contributed by atoms with Gasteiger partial charge in [-0.05, 0) is 24.6 Å². The van der Waals surface area contributed by atoms with Crippen LogP contribution < -0.4 is 5.32 Å². The van der Waals surface area contributed by atoms with Crippen molar-refractivity contribution < 1.29 is 9.18 Å². The van der Waals surface area contributed by atoms with E-state index in [-0.39, 0.29) is 18.1 Å². The summed E-state index contributed by atoms with van der Waals surface area (Å²) in [7, 11) is 0. The Morgan fingerprint density at radius 3 is 2.75 bits per heavy atom. The molecule has 0 atom stereocenters. The highest BCUT2D eigenvalue weighted by atomic mass is 32.1. The number of nitrogens with one attached hydrogen (secondary N) is 1. The fourth-order valence-corrected chi connectivity index (χ4v) is 3.09. The second-order valence-electron chi connectivity index (χ2n) is 5.59. The lowest BCUT2D eigenvalue weighted by Crippen LogP contribution is -2.24. The van der Waals surface area contributed by atoms with Gasteiger partial charge in [-0.3, -0.25) is 4.79 Å². The first-order chi connectivity index (χ1) is 11.6. The molecule has 3 nitrogen and oxygen atoms in total. The van der Waals surface area contributed by atoms with E-state index in [1.807, 2.05) is 42.6 Å². The van der Waals surface area contributed by atoms with Crippen molar-refractivity contribution in [3.8, 4) is 10.6 Å². The van der Waals surface area contributed by atoms with Crippen LogP contribution in [0.2, 0.25) is 0 Å². The molecule has 1 amide bonds. The monoisotopic (exact) mass is 340 g/mol. The summed E-state index contributed by atoms with van der Waals surface area (Å²) in [6.45, 7) is 2.53. The van der Waals surface area contributed by atoms with E-state index < -0.39 is 0 Å². The van der Waals surface area contributed by atoms with Crippen molar-refractivity contribution in [2.75, 3.05) is 0 Å². The standard InChI is InChI=1S/C19H17FN2OS/c1-13-5-7-14(8-6-13)11-21-18(23)10-17-12-24-19(22-17)15-3-2-4-16(20)9-15/h2-9,12H,10-11H2,1H3,(H,21,23). The topological polar surface area (TPSA) is 42.0 Å². The molecule has 1 N–H and O–H groups in total. The molecule has 0 spiro atoms. The Kier molecular flexibility index (Phi) is 5.01. The molecule has 0 saturated carbocycles. The van der Waals surface area contributed by atoms with Gasteiger partial charge in [0.25, 0.3) is 0 Å². The number of aromatic nitrogens is 1. The first-order valence-electron chi connectivity index (χ1n) is 7.63. The van der Waals surface area contributed by atoms with Crippen molar-refractivity contribution in [2.24, 2.45) is 0 Å². The number of benzene rings is 2. The number of halogens is 1. The number of thiazole rings is 1. The van der Waals surface area contributed by atoms with Crippen molar-refractivity contribution in [3.05, 3.63) is 76.5 Å². The highest BCUT2D eigenvalue weighted by Crippen LogP contribution is 2.24. The summed E-state index contributed by atoms with van der Waals surface area (Å²) >= 11 is 1.41. The Morgan fingerprint density at radius 2 is 2.00 bits per heavy atom. The van der Waals surface area contributed by atoms with Crippen LogP contribution in [0.1, 0.15) is 16.8 Å². The van der Waals surface area contributed by atoms with Gasteiger partial charge in [-0.1, -0.05) is 42.0 Å². The summed E-state index contributed by atoms with van der Waals surface area (Å²) in [5, 5.41) is 5.45. The van der Waals surface area contributed by atoms with E-state index in [4.69, 9.17) is 0 Å². The highest BCUT2D eigenvalue weighted by molar-refractivity contribution is 7.13. The van der Waals surface area contributed by atoms with Crippen molar-refractivity contribution in [1.29, 1.82) is 0 Å². The van der Waals surface area contributed by atoms with E-state index in [0.717, 1.165) is 16.1 Å². The normalized spacial score (nSPS) is 10.6. The van der Waals surface area contributed by atoms with Crippen LogP contribution >= 0.6 is 11.3 Å². The van der Waals surface area contributed by atoms with Gasteiger partial charge in [0.1, 0.15) is 10.8 Å². The maximum Gasteiger partial charge on any atom is 0.226 e. The Hall–Kier alpha value is -2.53. The van der Waals surface area contributed by atoms with E-state index in [9.17, 15) is 9.18 Å². The SMILES string of the molecule is Cc1ccc(CNC(=O)Cc2csc(-c3cccc(F)c3)n2)cc1. The summed E-state index contributed by atoms with van der Waals surface area (Å²) in [4.78, 5) is 16.5. The molecule has 0 aliphatic rings. The largest absolute Gasteiger partial charge is 0.352 e. The zero-order valence-corrected chi connectivity index (χ0v) is 14.1. The van der Waals surface area contributed by atoms with E-state index in [0.29, 0.717) is 12.2 Å². The van der Waals surface area contributed by atoms with Gasteiger partial charge in [0.05, 0.1) is 12.1 Å². The zero-order chi connectivity index (χ0) is 16.9. The molecule has 3 aromatic rings. The van der Waals surface area contributed by atoms with Crippen LogP contribution in [-0.2, 0) is 17.8 Å². The van der Waals surface area contributed by atoms with Crippen LogP contribution in [0, 0.1) is 12.7 Å². The molecule has 24 heavy (non-hydrogen) atoms. The van der Waals surface area contributed by atoms with Crippen molar-refractivity contribution in [1.82, 2.24) is 10.3 Å². The number of aryl methyl sites for hydroxylation is 1. The second-order valence-corrected chi connectivity index (χ2v) is 6.45. The van der Waals surface area contributed by atoms with E-state index >= 15 is 0 Å². The molecule has 5 heteroatoms. The minimum absolute atomic E-state index is 0.0772. The minimum Gasteiger partial charge on any atom is -0.352 e. The van der Waals surface area contributed by atoms with Gasteiger partial charge in [0.15, 0.2) is 0 Å². The van der Waals surface area contributed by atoms with Gasteiger partial charge in [0, 0.05) is 17.5 Å². The van der Waals surface area contributed by atoms with Crippen LogP contribution in [0.3, 0.4) is 0 Å². The number of rotatable bonds is 5. The lowest BCUT2D eigenvalue weighted by molar-refractivity contribution is -0.120. The lowest BCUT2D eigenvalue weighted by atomic mass is 10.1. The lowest BCUT2D eigenvalue weighted by Gasteiger charge is -2.04. The third-order valence-electron chi connectivity index (χ3n) is 3.58. The van der Waals surface area contributed by atoms with Crippen LogP contribution in [0.5, 0.6) is 0 Å². The molecule has 1 aromatic heterocycles.